The van der Waals surface area contributed by atoms with Crippen molar-refractivity contribution in [1.82, 2.24) is 4.90 Å². The molecule has 1 aromatic rings. The lowest BCUT2D eigenvalue weighted by atomic mass is 9.95. The highest BCUT2D eigenvalue weighted by atomic mass is 16.6. The number of nitrogens with zero attached hydrogens (tertiary/aromatic N) is 1. The van der Waals surface area contributed by atoms with Gasteiger partial charge in [0.2, 0.25) is 5.91 Å². The van der Waals surface area contributed by atoms with Gasteiger partial charge < -0.3 is 4.74 Å². The van der Waals surface area contributed by atoms with Crippen LogP contribution in [0.3, 0.4) is 0 Å². The summed E-state index contributed by atoms with van der Waals surface area (Å²) in [7, 11) is 0. The minimum atomic E-state index is -0.579. The molecule has 1 aliphatic heterocycles. The van der Waals surface area contributed by atoms with Crippen LogP contribution in [0, 0.1) is 0 Å². The molecular formula is C15H19NO3. The highest BCUT2D eigenvalue weighted by molar-refractivity contribution is 5.97. The Morgan fingerprint density at radius 3 is 2.47 bits per heavy atom. The average molecular weight is 261 g/mol. The van der Waals surface area contributed by atoms with E-state index < -0.39 is 11.7 Å². The van der Waals surface area contributed by atoms with Crippen molar-refractivity contribution >= 4 is 12.0 Å². The van der Waals surface area contributed by atoms with Crippen LogP contribution in [-0.2, 0) is 16.0 Å². The predicted molar refractivity (Wildman–Crippen MR) is 71.6 cm³/mol. The first-order valence-corrected chi connectivity index (χ1v) is 6.46. The second-order valence-electron chi connectivity index (χ2n) is 5.79. The number of imide groups is 1. The van der Waals surface area contributed by atoms with E-state index in [0.29, 0.717) is 12.8 Å². The number of rotatable bonds is 2. The molecule has 4 heteroatoms. The molecule has 0 N–H and O–H groups in total. The van der Waals surface area contributed by atoms with Gasteiger partial charge in [-0.3, -0.25) is 4.79 Å². The Balaban J connectivity index is 2.00. The monoisotopic (exact) mass is 261 g/mol. The Labute approximate surface area is 113 Å². The quantitative estimate of drug-likeness (QED) is 0.769. The zero-order valence-corrected chi connectivity index (χ0v) is 11.6. The van der Waals surface area contributed by atoms with Gasteiger partial charge in [-0.15, -0.1) is 0 Å². The van der Waals surface area contributed by atoms with Gasteiger partial charge in [-0.1, -0.05) is 30.3 Å². The fourth-order valence-corrected chi connectivity index (χ4v) is 2.09. The number of β-lactam (4-membered cyclic amide) rings is 1. The lowest BCUT2D eigenvalue weighted by Gasteiger charge is -2.39. The van der Waals surface area contributed by atoms with Crippen LogP contribution >= 0.6 is 0 Å². The number of hydrogen-bond acceptors (Lipinski definition) is 3. The van der Waals surface area contributed by atoms with E-state index in [-0.39, 0.29) is 11.9 Å². The van der Waals surface area contributed by atoms with E-state index >= 15 is 0 Å². The first-order chi connectivity index (χ1) is 8.87. The highest BCUT2D eigenvalue weighted by Crippen LogP contribution is 2.25. The minimum Gasteiger partial charge on any atom is -0.443 e. The number of benzene rings is 1. The Hall–Kier alpha value is -1.84. The lowest BCUT2D eigenvalue weighted by Crippen LogP contribution is -2.57. The van der Waals surface area contributed by atoms with Crippen molar-refractivity contribution in [3.8, 4) is 0 Å². The number of ether oxygens (including phenoxy) is 1. The summed E-state index contributed by atoms with van der Waals surface area (Å²) < 4.78 is 5.25. The molecule has 19 heavy (non-hydrogen) atoms. The third-order valence-electron chi connectivity index (χ3n) is 2.95. The van der Waals surface area contributed by atoms with Crippen molar-refractivity contribution in [2.24, 2.45) is 0 Å². The summed E-state index contributed by atoms with van der Waals surface area (Å²) in [6.45, 7) is 5.38. The molecule has 4 nitrogen and oxygen atoms in total. The van der Waals surface area contributed by atoms with E-state index in [4.69, 9.17) is 4.74 Å². The van der Waals surface area contributed by atoms with Gasteiger partial charge in [-0.2, -0.15) is 0 Å². The summed E-state index contributed by atoms with van der Waals surface area (Å²) >= 11 is 0. The Morgan fingerprint density at radius 2 is 1.95 bits per heavy atom. The molecule has 0 radical (unpaired) electrons. The van der Waals surface area contributed by atoms with E-state index in [2.05, 4.69) is 0 Å². The van der Waals surface area contributed by atoms with Crippen LogP contribution < -0.4 is 0 Å². The molecule has 0 aliphatic carbocycles. The van der Waals surface area contributed by atoms with Crippen molar-refractivity contribution < 1.29 is 14.3 Å². The molecule has 102 valence electrons. The van der Waals surface area contributed by atoms with Crippen LogP contribution in [0.5, 0.6) is 0 Å². The molecule has 0 aromatic heterocycles. The molecule has 1 heterocycles. The van der Waals surface area contributed by atoms with E-state index in [1.54, 1.807) is 20.8 Å². The summed E-state index contributed by atoms with van der Waals surface area (Å²) in [6, 6.07) is 9.76. The maximum absolute atomic E-state index is 11.9. The molecule has 1 saturated heterocycles. The summed E-state index contributed by atoms with van der Waals surface area (Å²) in [5.41, 5.74) is 0.540. The van der Waals surface area contributed by atoms with Gasteiger partial charge in [0, 0.05) is 6.42 Å². The van der Waals surface area contributed by atoms with Crippen molar-refractivity contribution in [3.05, 3.63) is 35.9 Å². The van der Waals surface area contributed by atoms with Crippen molar-refractivity contribution in [2.75, 3.05) is 0 Å². The molecule has 2 amide bonds. The fourth-order valence-electron chi connectivity index (χ4n) is 2.09. The smallest absolute Gasteiger partial charge is 0.417 e. The second kappa shape index (κ2) is 5.03. The average Bonchev–Trinajstić information content (AvgIpc) is 2.26. The van der Waals surface area contributed by atoms with Crippen molar-refractivity contribution in [3.63, 3.8) is 0 Å². The topological polar surface area (TPSA) is 46.6 Å². The maximum Gasteiger partial charge on any atom is 0.417 e. The first kappa shape index (κ1) is 13.6. The summed E-state index contributed by atoms with van der Waals surface area (Å²) in [4.78, 5) is 24.8. The number of carbonyl (C=O) groups is 2. The molecule has 1 aromatic carbocycles. The van der Waals surface area contributed by atoms with E-state index in [0.717, 1.165) is 5.56 Å². The second-order valence-corrected chi connectivity index (χ2v) is 5.79. The van der Waals surface area contributed by atoms with Gasteiger partial charge in [-0.05, 0) is 32.8 Å². The van der Waals surface area contributed by atoms with Crippen LogP contribution in [0.2, 0.25) is 0 Å². The van der Waals surface area contributed by atoms with Crippen LogP contribution in [-0.4, -0.2) is 28.5 Å². The molecule has 1 aliphatic rings. The fraction of sp³-hybridized carbons (Fsp3) is 0.467. The summed E-state index contributed by atoms with van der Waals surface area (Å²) in [5, 5.41) is 0. The third-order valence-corrected chi connectivity index (χ3v) is 2.95. The Bertz CT molecular complexity index is 476. The van der Waals surface area contributed by atoms with Crippen LogP contribution in [0.1, 0.15) is 32.8 Å². The van der Waals surface area contributed by atoms with Crippen LogP contribution in [0.4, 0.5) is 4.79 Å². The Morgan fingerprint density at radius 1 is 1.32 bits per heavy atom. The third kappa shape index (κ3) is 3.34. The molecule has 2 rings (SSSR count). The van der Waals surface area contributed by atoms with E-state index in [1.807, 2.05) is 30.3 Å². The van der Waals surface area contributed by atoms with Crippen molar-refractivity contribution in [1.29, 1.82) is 0 Å². The summed E-state index contributed by atoms with van der Waals surface area (Å²) in [6.07, 6.45) is 0.560. The van der Waals surface area contributed by atoms with E-state index in [1.165, 1.54) is 4.90 Å². The molecule has 1 atom stereocenters. The normalized spacial score (nSPS) is 19.0. The minimum absolute atomic E-state index is 0.0789. The number of hydrogen-bond donors (Lipinski definition) is 0. The SMILES string of the molecule is CC(C)(C)OC(=O)N1C(=O)C[C@@H]1Cc1ccccc1. The molecule has 0 saturated carbocycles. The van der Waals surface area contributed by atoms with Gasteiger partial charge >= 0.3 is 6.09 Å². The van der Waals surface area contributed by atoms with E-state index in [9.17, 15) is 9.59 Å². The molecule has 0 bridgehead atoms. The molecule has 1 fully saturated rings. The first-order valence-electron chi connectivity index (χ1n) is 6.46. The van der Waals surface area contributed by atoms with Crippen molar-refractivity contribution in [2.45, 2.75) is 45.3 Å². The molecular weight excluding hydrogens is 242 g/mol. The summed E-state index contributed by atoms with van der Waals surface area (Å²) in [5.74, 6) is -0.157. The number of amides is 2. The largest absolute Gasteiger partial charge is 0.443 e. The standard InChI is InChI=1S/C15H19NO3/c1-15(2,3)19-14(18)16-12(10-13(16)17)9-11-7-5-4-6-8-11/h4-8,12H,9-10H2,1-3H3/t12-/m0/s1. The van der Waals surface area contributed by atoms with Gasteiger partial charge in [0.15, 0.2) is 0 Å². The lowest BCUT2D eigenvalue weighted by molar-refractivity contribution is -0.143. The van der Waals surface area contributed by atoms with Gasteiger partial charge in [0.1, 0.15) is 5.60 Å². The molecule has 0 spiro atoms. The number of likely N-dealkylation sites (tertiary alicyclic amines) is 1. The zero-order chi connectivity index (χ0) is 14.0. The maximum atomic E-state index is 11.9. The van der Waals surface area contributed by atoms with Crippen LogP contribution in [0.15, 0.2) is 30.3 Å². The number of carbonyl (C=O) groups excluding carboxylic acids is 2. The molecule has 0 unspecified atom stereocenters. The predicted octanol–water partition coefficient (Wildman–Crippen LogP) is 2.77. The van der Waals surface area contributed by atoms with Crippen LogP contribution in [0.25, 0.3) is 0 Å². The highest BCUT2D eigenvalue weighted by Gasteiger charge is 2.42. The van der Waals surface area contributed by atoms with Gasteiger partial charge in [0.05, 0.1) is 6.04 Å². The van der Waals surface area contributed by atoms with Gasteiger partial charge in [0.25, 0.3) is 0 Å². The zero-order valence-electron chi connectivity index (χ0n) is 11.6. The Kier molecular flexibility index (Phi) is 3.60. The van der Waals surface area contributed by atoms with Gasteiger partial charge in [-0.25, -0.2) is 9.69 Å².